The second kappa shape index (κ2) is 6.90. The number of rotatable bonds is 2. The third kappa shape index (κ3) is 4.55. The van der Waals surface area contributed by atoms with Gasteiger partial charge in [0.05, 0.1) is 0 Å². The van der Waals surface area contributed by atoms with Crippen molar-refractivity contribution in [1.82, 2.24) is 14.8 Å². The molecule has 1 saturated heterocycles. The summed E-state index contributed by atoms with van der Waals surface area (Å²) in [7, 11) is 0. The van der Waals surface area contributed by atoms with E-state index in [2.05, 4.69) is 25.8 Å². The van der Waals surface area contributed by atoms with Crippen molar-refractivity contribution in [3.8, 4) is 0 Å². The Balaban J connectivity index is 1.95. The standard InChI is InChI=1S/C17H25N3O2/c1-17(2,3)13-15(21)19-9-4-10-20(12-11-19)16(22)14-5-7-18-8-6-14/h5-8H,4,9-13H2,1-3H3. The highest BCUT2D eigenvalue weighted by molar-refractivity contribution is 5.94. The molecule has 0 saturated carbocycles. The first kappa shape index (κ1) is 16.5. The lowest BCUT2D eigenvalue weighted by molar-refractivity contribution is -0.132. The van der Waals surface area contributed by atoms with Crippen molar-refractivity contribution in [2.75, 3.05) is 26.2 Å². The van der Waals surface area contributed by atoms with Gasteiger partial charge in [-0.1, -0.05) is 20.8 Å². The molecule has 1 fully saturated rings. The van der Waals surface area contributed by atoms with E-state index in [-0.39, 0.29) is 17.2 Å². The van der Waals surface area contributed by atoms with E-state index in [0.29, 0.717) is 31.6 Å². The number of hydrogen-bond acceptors (Lipinski definition) is 3. The average Bonchev–Trinajstić information content (AvgIpc) is 2.71. The van der Waals surface area contributed by atoms with E-state index in [1.165, 1.54) is 0 Å². The number of amides is 2. The third-order valence-corrected chi connectivity index (χ3v) is 3.74. The highest BCUT2D eigenvalue weighted by atomic mass is 16.2. The van der Waals surface area contributed by atoms with Crippen LogP contribution in [0.4, 0.5) is 0 Å². The molecule has 0 spiro atoms. The molecule has 0 aromatic carbocycles. The quantitative estimate of drug-likeness (QED) is 0.841. The van der Waals surface area contributed by atoms with Crippen LogP contribution < -0.4 is 0 Å². The van der Waals surface area contributed by atoms with Crippen LogP contribution in [-0.4, -0.2) is 52.8 Å². The van der Waals surface area contributed by atoms with Gasteiger partial charge in [0.15, 0.2) is 0 Å². The Kier molecular flexibility index (Phi) is 5.16. The number of hydrogen-bond donors (Lipinski definition) is 0. The summed E-state index contributed by atoms with van der Waals surface area (Å²) in [6.45, 7) is 8.85. The monoisotopic (exact) mass is 303 g/mol. The summed E-state index contributed by atoms with van der Waals surface area (Å²) < 4.78 is 0. The van der Waals surface area contributed by atoms with Crippen LogP contribution in [0.2, 0.25) is 0 Å². The molecule has 0 bridgehead atoms. The van der Waals surface area contributed by atoms with E-state index >= 15 is 0 Å². The van der Waals surface area contributed by atoms with Crippen molar-refractivity contribution in [3.05, 3.63) is 30.1 Å². The van der Waals surface area contributed by atoms with Crippen LogP contribution in [-0.2, 0) is 4.79 Å². The molecule has 22 heavy (non-hydrogen) atoms. The summed E-state index contributed by atoms with van der Waals surface area (Å²) in [4.78, 5) is 32.4. The largest absolute Gasteiger partial charge is 0.341 e. The van der Waals surface area contributed by atoms with E-state index in [1.807, 2.05) is 9.80 Å². The number of carbonyl (C=O) groups is 2. The Morgan fingerprint density at radius 3 is 2.27 bits per heavy atom. The van der Waals surface area contributed by atoms with Gasteiger partial charge in [0.2, 0.25) is 5.91 Å². The fourth-order valence-corrected chi connectivity index (χ4v) is 2.61. The first-order valence-electron chi connectivity index (χ1n) is 7.84. The van der Waals surface area contributed by atoms with E-state index in [9.17, 15) is 9.59 Å². The van der Waals surface area contributed by atoms with Gasteiger partial charge in [0.25, 0.3) is 5.91 Å². The maximum atomic E-state index is 12.5. The molecule has 5 nitrogen and oxygen atoms in total. The second-order valence-electron chi connectivity index (χ2n) is 7.00. The van der Waals surface area contributed by atoms with E-state index < -0.39 is 0 Å². The molecule has 0 radical (unpaired) electrons. The maximum absolute atomic E-state index is 12.5. The van der Waals surface area contributed by atoms with Gasteiger partial charge in [-0.3, -0.25) is 14.6 Å². The van der Waals surface area contributed by atoms with Crippen LogP contribution in [0.3, 0.4) is 0 Å². The summed E-state index contributed by atoms with van der Waals surface area (Å²) in [5.41, 5.74) is 0.653. The highest BCUT2D eigenvalue weighted by Gasteiger charge is 2.25. The molecule has 0 atom stereocenters. The Labute approximate surface area is 132 Å². The summed E-state index contributed by atoms with van der Waals surface area (Å²) >= 11 is 0. The van der Waals surface area contributed by atoms with Crippen LogP contribution >= 0.6 is 0 Å². The zero-order chi connectivity index (χ0) is 16.2. The fraction of sp³-hybridized carbons (Fsp3) is 0.588. The lowest BCUT2D eigenvalue weighted by Gasteiger charge is -2.25. The molecule has 2 amide bonds. The molecule has 2 rings (SSSR count). The number of carbonyl (C=O) groups excluding carboxylic acids is 2. The van der Waals surface area contributed by atoms with Crippen molar-refractivity contribution >= 4 is 11.8 Å². The zero-order valence-electron chi connectivity index (χ0n) is 13.7. The van der Waals surface area contributed by atoms with Crippen molar-refractivity contribution in [1.29, 1.82) is 0 Å². The topological polar surface area (TPSA) is 53.5 Å². The molecule has 1 aliphatic heterocycles. The maximum Gasteiger partial charge on any atom is 0.254 e. The van der Waals surface area contributed by atoms with Gasteiger partial charge in [0.1, 0.15) is 0 Å². The molecule has 0 aliphatic carbocycles. The summed E-state index contributed by atoms with van der Waals surface area (Å²) in [6.07, 6.45) is 4.63. The smallest absolute Gasteiger partial charge is 0.254 e. The van der Waals surface area contributed by atoms with Crippen LogP contribution in [0.25, 0.3) is 0 Å². The summed E-state index contributed by atoms with van der Waals surface area (Å²) in [6, 6.07) is 3.46. The highest BCUT2D eigenvalue weighted by Crippen LogP contribution is 2.20. The van der Waals surface area contributed by atoms with Crippen LogP contribution in [0.5, 0.6) is 0 Å². The minimum atomic E-state index is -0.00403. The van der Waals surface area contributed by atoms with Crippen molar-refractivity contribution in [2.45, 2.75) is 33.6 Å². The van der Waals surface area contributed by atoms with Gasteiger partial charge in [-0.25, -0.2) is 0 Å². The fourth-order valence-electron chi connectivity index (χ4n) is 2.61. The average molecular weight is 303 g/mol. The SMILES string of the molecule is CC(C)(C)CC(=O)N1CCCN(C(=O)c2ccncc2)CC1. The number of nitrogens with zero attached hydrogens (tertiary/aromatic N) is 3. The predicted octanol–water partition coefficient (Wildman–Crippen LogP) is 2.19. The molecule has 1 aromatic heterocycles. The molecule has 2 heterocycles. The number of pyridine rings is 1. The van der Waals surface area contributed by atoms with E-state index in [0.717, 1.165) is 13.0 Å². The molecule has 0 unspecified atom stereocenters. The lowest BCUT2D eigenvalue weighted by atomic mass is 9.91. The van der Waals surface area contributed by atoms with Crippen molar-refractivity contribution in [2.24, 2.45) is 5.41 Å². The molecule has 5 heteroatoms. The Hall–Kier alpha value is -1.91. The van der Waals surface area contributed by atoms with Crippen LogP contribution in [0, 0.1) is 5.41 Å². The predicted molar refractivity (Wildman–Crippen MR) is 85.4 cm³/mol. The van der Waals surface area contributed by atoms with Crippen molar-refractivity contribution < 1.29 is 9.59 Å². The van der Waals surface area contributed by atoms with E-state index in [1.54, 1.807) is 24.5 Å². The van der Waals surface area contributed by atoms with Gasteiger partial charge in [-0.2, -0.15) is 0 Å². The van der Waals surface area contributed by atoms with E-state index in [4.69, 9.17) is 0 Å². The Morgan fingerprint density at radius 2 is 1.64 bits per heavy atom. The minimum Gasteiger partial charge on any atom is -0.341 e. The molecular weight excluding hydrogens is 278 g/mol. The van der Waals surface area contributed by atoms with Gasteiger partial charge < -0.3 is 9.80 Å². The molecule has 1 aromatic rings. The van der Waals surface area contributed by atoms with Gasteiger partial charge in [-0.05, 0) is 24.0 Å². The van der Waals surface area contributed by atoms with Gasteiger partial charge in [0, 0.05) is 50.6 Å². The first-order chi connectivity index (χ1) is 10.4. The van der Waals surface area contributed by atoms with Gasteiger partial charge >= 0.3 is 0 Å². The first-order valence-corrected chi connectivity index (χ1v) is 7.84. The zero-order valence-corrected chi connectivity index (χ0v) is 13.7. The molecular formula is C17H25N3O2. The normalized spacial score (nSPS) is 16.3. The molecule has 1 aliphatic rings. The Bertz CT molecular complexity index is 522. The van der Waals surface area contributed by atoms with Gasteiger partial charge in [-0.15, -0.1) is 0 Å². The second-order valence-corrected chi connectivity index (χ2v) is 7.00. The van der Waals surface area contributed by atoms with Crippen molar-refractivity contribution in [3.63, 3.8) is 0 Å². The number of aromatic nitrogens is 1. The Morgan fingerprint density at radius 1 is 1.05 bits per heavy atom. The lowest BCUT2D eigenvalue weighted by Crippen LogP contribution is -2.38. The molecule has 0 N–H and O–H groups in total. The summed E-state index contributed by atoms with van der Waals surface area (Å²) in [5.74, 6) is 0.207. The summed E-state index contributed by atoms with van der Waals surface area (Å²) in [5, 5.41) is 0. The molecule has 120 valence electrons. The minimum absolute atomic E-state index is 0.00403. The van der Waals surface area contributed by atoms with Crippen LogP contribution in [0.1, 0.15) is 44.0 Å². The van der Waals surface area contributed by atoms with Crippen LogP contribution in [0.15, 0.2) is 24.5 Å². The third-order valence-electron chi connectivity index (χ3n) is 3.74.